The molecule has 1 saturated carbocycles. The van der Waals surface area contributed by atoms with Crippen molar-refractivity contribution in [3.63, 3.8) is 0 Å². The minimum absolute atomic E-state index is 0.0782. The molecule has 0 aromatic heterocycles. The highest BCUT2D eigenvalue weighted by molar-refractivity contribution is 6.33. The van der Waals surface area contributed by atoms with Gasteiger partial charge in [-0.05, 0) is 36.5 Å². The molecule has 0 aliphatic heterocycles. The molecule has 1 aliphatic rings. The quantitative estimate of drug-likeness (QED) is 0.802. The van der Waals surface area contributed by atoms with Crippen LogP contribution >= 0.6 is 11.6 Å². The predicted octanol–water partition coefficient (Wildman–Crippen LogP) is 3.69. The van der Waals surface area contributed by atoms with E-state index < -0.39 is 0 Å². The van der Waals surface area contributed by atoms with E-state index in [1.165, 1.54) is 0 Å². The van der Waals surface area contributed by atoms with Gasteiger partial charge >= 0.3 is 0 Å². The van der Waals surface area contributed by atoms with Gasteiger partial charge in [0.2, 0.25) is 5.91 Å². The fourth-order valence-electron chi connectivity index (χ4n) is 2.66. The summed E-state index contributed by atoms with van der Waals surface area (Å²) in [5.74, 6) is 0.161. The van der Waals surface area contributed by atoms with Gasteiger partial charge in [-0.1, -0.05) is 31.9 Å². The van der Waals surface area contributed by atoms with Gasteiger partial charge in [-0.15, -0.1) is 0 Å². The van der Waals surface area contributed by atoms with Gasteiger partial charge in [-0.25, -0.2) is 0 Å². The molecule has 1 aromatic rings. The van der Waals surface area contributed by atoms with E-state index in [0.717, 1.165) is 19.3 Å². The van der Waals surface area contributed by atoms with E-state index in [-0.39, 0.29) is 17.2 Å². The first kappa shape index (κ1) is 13.2. The Hall–Kier alpha value is -1.22. The monoisotopic (exact) mass is 266 g/mol. The molecule has 1 aliphatic carbocycles. The molecule has 98 valence electrons. The summed E-state index contributed by atoms with van der Waals surface area (Å²) in [6.45, 7) is 4.31. The van der Waals surface area contributed by atoms with Gasteiger partial charge in [-0.2, -0.15) is 0 Å². The lowest BCUT2D eigenvalue weighted by molar-refractivity contribution is -0.122. The molecule has 0 bridgehead atoms. The zero-order valence-electron chi connectivity index (χ0n) is 10.8. The van der Waals surface area contributed by atoms with E-state index >= 15 is 0 Å². The molecular weight excluding hydrogens is 248 g/mol. The van der Waals surface area contributed by atoms with Crippen molar-refractivity contribution in [2.45, 2.75) is 33.1 Å². The van der Waals surface area contributed by atoms with Crippen LogP contribution in [0.4, 0.5) is 11.4 Å². The Labute approximate surface area is 113 Å². The van der Waals surface area contributed by atoms with Crippen LogP contribution in [-0.2, 0) is 4.79 Å². The van der Waals surface area contributed by atoms with Crippen molar-refractivity contribution in [2.24, 2.45) is 11.3 Å². The molecule has 2 rings (SSSR count). The van der Waals surface area contributed by atoms with Crippen LogP contribution in [0.25, 0.3) is 0 Å². The normalized spacial score (nSPS) is 21.8. The van der Waals surface area contributed by atoms with Crippen LogP contribution in [-0.4, -0.2) is 5.91 Å². The number of nitrogens with one attached hydrogen (secondary N) is 1. The van der Waals surface area contributed by atoms with Crippen LogP contribution in [0.15, 0.2) is 18.2 Å². The van der Waals surface area contributed by atoms with Crippen LogP contribution in [0.5, 0.6) is 0 Å². The van der Waals surface area contributed by atoms with Crippen LogP contribution in [0, 0.1) is 11.3 Å². The van der Waals surface area contributed by atoms with Crippen molar-refractivity contribution in [3.8, 4) is 0 Å². The SMILES string of the molecule is CC1(C)CCCC1C(=O)Nc1ccc(Cl)c(N)c1. The van der Waals surface area contributed by atoms with Crippen molar-refractivity contribution in [1.29, 1.82) is 0 Å². The summed E-state index contributed by atoms with van der Waals surface area (Å²) in [7, 11) is 0. The highest BCUT2D eigenvalue weighted by atomic mass is 35.5. The lowest BCUT2D eigenvalue weighted by atomic mass is 9.81. The highest BCUT2D eigenvalue weighted by Gasteiger charge is 2.39. The molecule has 3 nitrogen and oxygen atoms in total. The first-order valence-corrected chi connectivity index (χ1v) is 6.64. The lowest BCUT2D eigenvalue weighted by Gasteiger charge is -2.25. The summed E-state index contributed by atoms with van der Waals surface area (Å²) in [6, 6.07) is 5.17. The van der Waals surface area contributed by atoms with E-state index in [4.69, 9.17) is 17.3 Å². The van der Waals surface area contributed by atoms with Gasteiger partial charge in [0.05, 0.1) is 10.7 Å². The molecule has 1 aromatic carbocycles. The third kappa shape index (κ3) is 2.61. The Morgan fingerprint density at radius 1 is 1.50 bits per heavy atom. The number of hydrogen-bond donors (Lipinski definition) is 2. The predicted molar refractivity (Wildman–Crippen MR) is 75.6 cm³/mol. The van der Waals surface area contributed by atoms with Crippen molar-refractivity contribution in [3.05, 3.63) is 23.2 Å². The summed E-state index contributed by atoms with van der Waals surface area (Å²) in [4.78, 5) is 12.2. The van der Waals surface area contributed by atoms with Gasteiger partial charge in [0.25, 0.3) is 0 Å². The summed E-state index contributed by atoms with van der Waals surface area (Å²) in [6.07, 6.45) is 3.18. The largest absolute Gasteiger partial charge is 0.397 e. The van der Waals surface area contributed by atoms with E-state index in [1.54, 1.807) is 18.2 Å². The molecule has 1 amide bonds. The number of benzene rings is 1. The second-order valence-corrected chi connectivity index (χ2v) is 6.07. The van der Waals surface area contributed by atoms with E-state index in [9.17, 15) is 4.79 Å². The zero-order chi connectivity index (χ0) is 13.3. The molecule has 0 radical (unpaired) electrons. The molecule has 18 heavy (non-hydrogen) atoms. The van der Waals surface area contributed by atoms with E-state index in [1.807, 2.05) is 0 Å². The molecule has 1 atom stereocenters. The lowest BCUT2D eigenvalue weighted by Crippen LogP contribution is -2.30. The van der Waals surface area contributed by atoms with Crippen LogP contribution in [0.2, 0.25) is 5.02 Å². The van der Waals surface area contributed by atoms with E-state index in [0.29, 0.717) is 16.4 Å². The van der Waals surface area contributed by atoms with Gasteiger partial charge in [0.15, 0.2) is 0 Å². The Bertz CT molecular complexity index is 471. The fourth-order valence-corrected chi connectivity index (χ4v) is 2.78. The number of nitrogens with two attached hydrogens (primary N) is 1. The van der Waals surface area contributed by atoms with Gasteiger partial charge in [0, 0.05) is 11.6 Å². The van der Waals surface area contributed by atoms with Crippen molar-refractivity contribution < 1.29 is 4.79 Å². The number of carbonyl (C=O) groups is 1. The Morgan fingerprint density at radius 2 is 2.22 bits per heavy atom. The third-order valence-corrected chi connectivity index (χ3v) is 4.18. The fraction of sp³-hybridized carbons (Fsp3) is 0.500. The summed E-state index contributed by atoms with van der Waals surface area (Å²) >= 11 is 5.85. The number of carbonyl (C=O) groups excluding carboxylic acids is 1. The third-order valence-electron chi connectivity index (χ3n) is 3.84. The van der Waals surface area contributed by atoms with Crippen LogP contribution in [0.3, 0.4) is 0 Å². The van der Waals surface area contributed by atoms with Crippen LogP contribution in [0.1, 0.15) is 33.1 Å². The molecule has 3 N–H and O–H groups in total. The molecule has 0 spiro atoms. The Kier molecular flexibility index (Phi) is 3.53. The van der Waals surface area contributed by atoms with Crippen molar-refractivity contribution >= 4 is 28.9 Å². The summed E-state index contributed by atoms with van der Waals surface area (Å²) in [5.41, 5.74) is 7.00. The highest BCUT2D eigenvalue weighted by Crippen LogP contribution is 2.43. The summed E-state index contributed by atoms with van der Waals surface area (Å²) in [5, 5.41) is 3.44. The Balaban J connectivity index is 2.09. The van der Waals surface area contributed by atoms with Crippen molar-refractivity contribution in [1.82, 2.24) is 0 Å². The minimum atomic E-state index is 0.0782. The second kappa shape index (κ2) is 4.81. The number of amides is 1. The molecule has 1 unspecified atom stereocenters. The number of nitrogen functional groups attached to an aromatic ring is 1. The number of halogens is 1. The Morgan fingerprint density at radius 3 is 2.78 bits per heavy atom. The molecule has 0 heterocycles. The maximum Gasteiger partial charge on any atom is 0.228 e. The number of rotatable bonds is 2. The first-order valence-electron chi connectivity index (χ1n) is 6.26. The smallest absolute Gasteiger partial charge is 0.228 e. The maximum absolute atomic E-state index is 12.2. The van der Waals surface area contributed by atoms with Gasteiger partial charge in [0.1, 0.15) is 0 Å². The van der Waals surface area contributed by atoms with Gasteiger partial charge in [-0.3, -0.25) is 4.79 Å². The molecular formula is C14H19ClN2O. The van der Waals surface area contributed by atoms with Crippen molar-refractivity contribution in [2.75, 3.05) is 11.1 Å². The van der Waals surface area contributed by atoms with Gasteiger partial charge < -0.3 is 11.1 Å². The summed E-state index contributed by atoms with van der Waals surface area (Å²) < 4.78 is 0. The minimum Gasteiger partial charge on any atom is -0.397 e. The molecule has 1 fully saturated rings. The van der Waals surface area contributed by atoms with E-state index in [2.05, 4.69) is 19.2 Å². The number of anilines is 2. The average molecular weight is 267 g/mol. The topological polar surface area (TPSA) is 55.1 Å². The average Bonchev–Trinajstić information content (AvgIpc) is 2.63. The molecule has 4 heteroatoms. The second-order valence-electron chi connectivity index (χ2n) is 5.66. The maximum atomic E-state index is 12.2. The first-order chi connectivity index (χ1) is 8.40. The number of hydrogen-bond acceptors (Lipinski definition) is 2. The standard InChI is InChI=1S/C14H19ClN2O/c1-14(2)7-3-4-10(14)13(18)17-9-5-6-11(15)12(16)8-9/h5-6,8,10H,3-4,7,16H2,1-2H3,(H,17,18). The zero-order valence-corrected chi connectivity index (χ0v) is 11.6. The molecule has 0 saturated heterocycles. The van der Waals surface area contributed by atoms with Crippen LogP contribution < -0.4 is 11.1 Å².